The van der Waals surface area contributed by atoms with Crippen LogP contribution in [0, 0.1) is 0 Å². The van der Waals surface area contributed by atoms with Gasteiger partial charge in [-0.05, 0) is 52.2 Å². The van der Waals surface area contributed by atoms with Crippen LogP contribution in [-0.2, 0) is 4.74 Å². The molecule has 2 aliphatic rings. The Balaban J connectivity index is 1.66. The van der Waals surface area contributed by atoms with E-state index in [2.05, 4.69) is 34.8 Å². The summed E-state index contributed by atoms with van der Waals surface area (Å²) in [5.41, 5.74) is 0.875. The second-order valence-corrected chi connectivity index (χ2v) is 7.46. The standard InChI is InChI=1S/C19H30N4O2/c1-15(2)21(3)17-11-19(24)23(20-12-17)16-7-6-9-22(13-16)14-18-8-4-5-10-25-18/h5,10-12,15-16,18H,4,6-9,13-14H2,1-3H3/t16-,18+/m1/s1. The lowest BCUT2D eigenvalue weighted by atomic mass is 10.0. The zero-order valence-electron chi connectivity index (χ0n) is 15.6. The lowest BCUT2D eigenvalue weighted by Gasteiger charge is -2.35. The molecule has 2 atom stereocenters. The van der Waals surface area contributed by atoms with Crippen LogP contribution in [0.2, 0.25) is 0 Å². The third-order valence-electron chi connectivity index (χ3n) is 5.30. The van der Waals surface area contributed by atoms with Gasteiger partial charge < -0.3 is 9.64 Å². The Kier molecular flexibility index (Phi) is 5.78. The minimum Gasteiger partial charge on any atom is -0.497 e. The fraction of sp³-hybridized carbons (Fsp3) is 0.684. The molecule has 0 bridgehead atoms. The first-order chi connectivity index (χ1) is 12.0. The van der Waals surface area contributed by atoms with E-state index in [-0.39, 0.29) is 17.7 Å². The first-order valence-corrected chi connectivity index (χ1v) is 9.39. The number of piperidine rings is 1. The van der Waals surface area contributed by atoms with Crippen molar-refractivity contribution in [2.24, 2.45) is 0 Å². The first-order valence-electron chi connectivity index (χ1n) is 9.39. The van der Waals surface area contributed by atoms with Crippen LogP contribution in [0.4, 0.5) is 5.69 Å². The zero-order chi connectivity index (χ0) is 17.8. The van der Waals surface area contributed by atoms with E-state index in [0.717, 1.165) is 51.0 Å². The maximum Gasteiger partial charge on any atom is 0.269 e. The van der Waals surface area contributed by atoms with Gasteiger partial charge in [0.25, 0.3) is 5.56 Å². The molecule has 1 aromatic heterocycles. The summed E-state index contributed by atoms with van der Waals surface area (Å²) in [6, 6.07) is 2.20. The van der Waals surface area contributed by atoms with Gasteiger partial charge in [-0.15, -0.1) is 0 Å². The highest BCUT2D eigenvalue weighted by Gasteiger charge is 2.25. The second kappa shape index (κ2) is 8.04. The first kappa shape index (κ1) is 18.0. The van der Waals surface area contributed by atoms with Crippen LogP contribution in [0.3, 0.4) is 0 Å². The van der Waals surface area contributed by atoms with E-state index < -0.39 is 0 Å². The van der Waals surface area contributed by atoms with E-state index in [4.69, 9.17) is 4.74 Å². The van der Waals surface area contributed by atoms with Crippen LogP contribution in [0.25, 0.3) is 0 Å². The van der Waals surface area contributed by atoms with E-state index >= 15 is 0 Å². The van der Waals surface area contributed by atoms with E-state index in [1.54, 1.807) is 10.7 Å². The number of ether oxygens (including phenoxy) is 1. The molecular formula is C19H30N4O2. The number of likely N-dealkylation sites (tertiary alicyclic amines) is 1. The monoisotopic (exact) mass is 346 g/mol. The summed E-state index contributed by atoms with van der Waals surface area (Å²) in [5, 5.41) is 4.48. The molecule has 2 aliphatic heterocycles. The molecule has 3 rings (SSSR count). The molecule has 3 heterocycles. The zero-order valence-corrected chi connectivity index (χ0v) is 15.6. The number of hydrogen-bond donors (Lipinski definition) is 0. The number of allylic oxidation sites excluding steroid dienone is 1. The highest BCUT2D eigenvalue weighted by atomic mass is 16.5. The van der Waals surface area contributed by atoms with Gasteiger partial charge in [-0.25, -0.2) is 4.68 Å². The lowest BCUT2D eigenvalue weighted by molar-refractivity contribution is 0.0593. The summed E-state index contributed by atoms with van der Waals surface area (Å²) in [7, 11) is 1.99. The SMILES string of the molecule is CC(C)N(C)c1cnn([C@@H]2CCCN(C[C@@H]3CCC=CO3)C2)c(=O)c1. The van der Waals surface area contributed by atoms with Crippen LogP contribution >= 0.6 is 0 Å². The highest BCUT2D eigenvalue weighted by molar-refractivity contribution is 5.42. The third-order valence-corrected chi connectivity index (χ3v) is 5.30. The van der Waals surface area contributed by atoms with Crippen LogP contribution in [0.15, 0.2) is 29.4 Å². The van der Waals surface area contributed by atoms with Gasteiger partial charge in [0, 0.05) is 32.2 Å². The Morgan fingerprint density at radius 1 is 1.40 bits per heavy atom. The summed E-state index contributed by atoms with van der Waals surface area (Å²) >= 11 is 0. The van der Waals surface area contributed by atoms with Crippen molar-refractivity contribution in [1.29, 1.82) is 0 Å². The van der Waals surface area contributed by atoms with Crippen molar-refractivity contribution >= 4 is 5.69 Å². The van der Waals surface area contributed by atoms with Crippen LogP contribution in [-0.4, -0.2) is 53.5 Å². The molecule has 1 aromatic rings. The van der Waals surface area contributed by atoms with Gasteiger partial charge in [0.1, 0.15) is 6.10 Å². The molecule has 0 N–H and O–H groups in total. The lowest BCUT2D eigenvalue weighted by Crippen LogP contribution is -2.44. The molecule has 0 aromatic carbocycles. The van der Waals surface area contributed by atoms with Crippen molar-refractivity contribution in [2.45, 2.75) is 57.7 Å². The molecule has 0 radical (unpaired) electrons. The van der Waals surface area contributed by atoms with Crippen LogP contribution in [0.5, 0.6) is 0 Å². The Morgan fingerprint density at radius 2 is 2.24 bits per heavy atom. The molecule has 0 amide bonds. The summed E-state index contributed by atoms with van der Waals surface area (Å²) < 4.78 is 7.37. The molecule has 0 unspecified atom stereocenters. The number of hydrogen-bond acceptors (Lipinski definition) is 5. The van der Waals surface area contributed by atoms with Gasteiger partial charge in [-0.2, -0.15) is 5.10 Å². The molecule has 6 nitrogen and oxygen atoms in total. The fourth-order valence-electron chi connectivity index (χ4n) is 3.58. The molecule has 0 aliphatic carbocycles. The van der Waals surface area contributed by atoms with Crippen molar-refractivity contribution in [3.63, 3.8) is 0 Å². The predicted octanol–water partition coefficient (Wildman–Crippen LogP) is 2.42. The Morgan fingerprint density at radius 3 is 2.92 bits per heavy atom. The molecule has 6 heteroatoms. The summed E-state index contributed by atoms with van der Waals surface area (Å²) in [4.78, 5) is 17.1. The molecule has 138 valence electrons. The van der Waals surface area contributed by atoms with Crippen molar-refractivity contribution in [1.82, 2.24) is 14.7 Å². The van der Waals surface area contributed by atoms with Gasteiger partial charge in [0.15, 0.2) is 0 Å². The molecule has 1 fully saturated rings. The highest BCUT2D eigenvalue weighted by Crippen LogP contribution is 2.22. The minimum absolute atomic E-state index is 0.00583. The Labute approximate surface area is 150 Å². The maximum absolute atomic E-state index is 12.6. The van der Waals surface area contributed by atoms with E-state index in [9.17, 15) is 4.79 Å². The number of anilines is 1. The summed E-state index contributed by atoms with van der Waals surface area (Å²) in [5.74, 6) is 0. The molecular weight excluding hydrogens is 316 g/mol. The fourth-order valence-corrected chi connectivity index (χ4v) is 3.58. The minimum atomic E-state index is -0.00583. The summed E-state index contributed by atoms with van der Waals surface area (Å²) in [6.45, 7) is 7.09. The van der Waals surface area contributed by atoms with Gasteiger partial charge in [-0.3, -0.25) is 9.69 Å². The van der Waals surface area contributed by atoms with Crippen LogP contribution < -0.4 is 10.5 Å². The quantitative estimate of drug-likeness (QED) is 0.819. The Hall–Kier alpha value is -1.82. The second-order valence-electron chi connectivity index (χ2n) is 7.46. The van der Waals surface area contributed by atoms with E-state index in [1.807, 2.05) is 19.5 Å². The molecule has 0 spiro atoms. The largest absolute Gasteiger partial charge is 0.497 e. The molecule has 1 saturated heterocycles. The van der Waals surface area contributed by atoms with Crippen molar-refractivity contribution in [2.75, 3.05) is 31.6 Å². The van der Waals surface area contributed by atoms with Crippen LogP contribution in [0.1, 0.15) is 45.6 Å². The van der Waals surface area contributed by atoms with Crippen molar-refractivity contribution in [3.05, 3.63) is 35.0 Å². The molecule has 25 heavy (non-hydrogen) atoms. The number of aromatic nitrogens is 2. The Bertz CT molecular complexity index is 655. The number of rotatable bonds is 5. The van der Waals surface area contributed by atoms with E-state index in [0.29, 0.717) is 6.04 Å². The summed E-state index contributed by atoms with van der Waals surface area (Å²) in [6.07, 6.45) is 10.3. The maximum atomic E-state index is 12.6. The van der Waals surface area contributed by atoms with Crippen molar-refractivity contribution in [3.8, 4) is 0 Å². The third kappa shape index (κ3) is 4.42. The predicted molar refractivity (Wildman–Crippen MR) is 100.0 cm³/mol. The van der Waals surface area contributed by atoms with Gasteiger partial charge in [-0.1, -0.05) is 0 Å². The normalized spacial score (nSPS) is 24.3. The number of nitrogens with zero attached hydrogens (tertiary/aromatic N) is 4. The average Bonchev–Trinajstić information content (AvgIpc) is 2.62. The van der Waals surface area contributed by atoms with Crippen molar-refractivity contribution < 1.29 is 4.74 Å². The molecule has 0 saturated carbocycles. The topological polar surface area (TPSA) is 50.6 Å². The van der Waals surface area contributed by atoms with Gasteiger partial charge >= 0.3 is 0 Å². The smallest absolute Gasteiger partial charge is 0.269 e. The van der Waals surface area contributed by atoms with Gasteiger partial charge in [0.05, 0.1) is 24.2 Å². The van der Waals surface area contributed by atoms with Gasteiger partial charge in [0.2, 0.25) is 0 Å². The average molecular weight is 346 g/mol. The van der Waals surface area contributed by atoms with E-state index in [1.165, 1.54) is 0 Å².